The number of hydrogen-bond acceptors (Lipinski definition) is 9. The monoisotopic (exact) mass is 410 g/mol. The summed E-state index contributed by atoms with van der Waals surface area (Å²) >= 11 is 0. The van der Waals surface area contributed by atoms with Crippen LogP contribution in [0.1, 0.15) is 19.3 Å². The lowest BCUT2D eigenvalue weighted by Gasteiger charge is -2.40. The number of aliphatic hydroxyl groups excluding tert-OH is 1. The van der Waals surface area contributed by atoms with Crippen LogP contribution in [0.2, 0.25) is 0 Å². The van der Waals surface area contributed by atoms with E-state index >= 15 is 0 Å². The number of carbonyl (C=O) groups excluding carboxylic acids is 1. The lowest BCUT2D eigenvalue weighted by Crippen LogP contribution is -2.64. The summed E-state index contributed by atoms with van der Waals surface area (Å²) in [7, 11) is 0. The number of hydrazine groups is 1. The van der Waals surface area contributed by atoms with E-state index in [9.17, 15) is 19.2 Å². The van der Waals surface area contributed by atoms with Crippen molar-refractivity contribution in [3.63, 3.8) is 0 Å². The van der Waals surface area contributed by atoms with Crippen molar-refractivity contribution in [3.8, 4) is 0 Å². The van der Waals surface area contributed by atoms with Gasteiger partial charge in [0.05, 0.1) is 58.9 Å². The van der Waals surface area contributed by atoms with Crippen LogP contribution in [0, 0.1) is 0 Å². The Morgan fingerprint density at radius 3 is 1.32 bits per heavy atom. The molecule has 0 atom stereocenters. The molecule has 0 aromatic heterocycles. The third-order valence-corrected chi connectivity index (χ3v) is 3.41. The number of carbonyl (C=O) groups is 4. The van der Waals surface area contributed by atoms with Crippen molar-refractivity contribution in [1.29, 1.82) is 0 Å². The Kier molecular flexibility index (Phi) is 12.6. The van der Waals surface area contributed by atoms with Crippen LogP contribution in [-0.2, 0) is 33.4 Å². The molecule has 0 aliphatic heterocycles. The van der Waals surface area contributed by atoms with Gasteiger partial charge in [0.15, 0.2) is 0 Å². The van der Waals surface area contributed by atoms with E-state index in [1.807, 2.05) is 0 Å². The van der Waals surface area contributed by atoms with E-state index in [2.05, 4.69) is 0 Å². The van der Waals surface area contributed by atoms with Crippen molar-refractivity contribution in [3.05, 3.63) is 0 Å². The van der Waals surface area contributed by atoms with Crippen LogP contribution in [0.5, 0.6) is 0 Å². The van der Waals surface area contributed by atoms with Gasteiger partial charge in [-0.25, -0.2) is 5.84 Å². The molecule has 0 fully saturated rings. The smallest absolute Gasteiger partial charge is 0.305 e. The first-order valence-corrected chi connectivity index (χ1v) is 8.22. The summed E-state index contributed by atoms with van der Waals surface area (Å²) in [6.07, 6.45) is -0.975. The molecule has 0 rings (SSSR count). The molecule has 0 saturated carbocycles. The molecule has 0 aromatic carbocycles. The van der Waals surface area contributed by atoms with Gasteiger partial charge in [0.2, 0.25) is 0 Å². The van der Waals surface area contributed by atoms with Crippen LogP contribution < -0.4 is 5.84 Å². The Labute approximate surface area is 160 Å². The maximum atomic E-state index is 11.9. The van der Waals surface area contributed by atoms with E-state index in [0.29, 0.717) is 5.01 Å². The second kappa shape index (κ2) is 13.8. The fraction of sp³-hybridized carbons (Fsp3) is 0.733. The fourth-order valence-corrected chi connectivity index (χ4v) is 1.94. The molecule has 0 bridgehead atoms. The Morgan fingerprint density at radius 1 is 0.750 bits per heavy atom. The average molecular weight is 410 g/mol. The van der Waals surface area contributed by atoms with Crippen LogP contribution in [0.25, 0.3) is 0 Å². The third-order valence-electron chi connectivity index (χ3n) is 3.41. The molecule has 0 saturated heterocycles. The molecule has 28 heavy (non-hydrogen) atoms. The molecule has 0 spiro atoms. The molecular weight excluding hydrogens is 384 g/mol. The van der Waals surface area contributed by atoms with E-state index in [1.54, 1.807) is 0 Å². The zero-order chi connectivity index (χ0) is 21.6. The number of ether oxygens (including phenoxy) is 3. The Bertz CT molecular complexity index is 471. The second-order valence-corrected chi connectivity index (χ2v) is 5.74. The Hall–Kier alpha value is -2.32. The zero-order valence-electron chi connectivity index (χ0n) is 15.2. The van der Waals surface area contributed by atoms with Gasteiger partial charge in [-0.2, -0.15) is 0 Å². The van der Waals surface area contributed by atoms with Crippen molar-refractivity contribution < 1.29 is 53.8 Å². The highest BCUT2D eigenvalue weighted by Gasteiger charge is 2.40. The predicted molar refractivity (Wildman–Crippen MR) is 90.1 cm³/mol. The first-order valence-electron chi connectivity index (χ1n) is 8.22. The minimum atomic E-state index is -1.55. The highest BCUT2D eigenvalue weighted by molar-refractivity contribution is 5.77. The number of carboxylic acids is 3. The molecule has 162 valence electrons. The van der Waals surface area contributed by atoms with E-state index in [1.165, 1.54) is 0 Å². The third kappa shape index (κ3) is 10.7. The van der Waals surface area contributed by atoms with Gasteiger partial charge in [-0.15, -0.1) is 0 Å². The van der Waals surface area contributed by atoms with Crippen LogP contribution in [0.15, 0.2) is 0 Å². The van der Waals surface area contributed by atoms with Gasteiger partial charge < -0.3 is 34.6 Å². The molecule has 1 amide bonds. The first-order chi connectivity index (χ1) is 13.1. The SMILES string of the molecule is NN(C(=O)CO)C(COCCC(=O)O)(COCCC(=O)O)COCCC(=O)O. The summed E-state index contributed by atoms with van der Waals surface area (Å²) in [5, 5.41) is 35.7. The van der Waals surface area contributed by atoms with Gasteiger partial charge in [-0.05, 0) is 0 Å². The highest BCUT2D eigenvalue weighted by Crippen LogP contribution is 2.17. The van der Waals surface area contributed by atoms with Gasteiger partial charge in [0.25, 0.3) is 5.91 Å². The number of rotatable bonds is 17. The predicted octanol–water partition coefficient (Wildman–Crippen LogP) is -2.11. The minimum Gasteiger partial charge on any atom is -0.481 e. The molecule has 13 heteroatoms. The van der Waals surface area contributed by atoms with Crippen molar-refractivity contribution in [2.45, 2.75) is 24.8 Å². The number of aliphatic carboxylic acids is 3. The maximum Gasteiger partial charge on any atom is 0.305 e. The highest BCUT2D eigenvalue weighted by atomic mass is 16.5. The molecule has 0 radical (unpaired) electrons. The van der Waals surface area contributed by atoms with Crippen LogP contribution in [-0.4, -0.2) is 101 Å². The summed E-state index contributed by atoms with van der Waals surface area (Å²) in [6.45, 7) is -2.68. The largest absolute Gasteiger partial charge is 0.481 e. The van der Waals surface area contributed by atoms with Gasteiger partial charge in [-0.3, -0.25) is 24.2 Å². The van der Waals surface area contributed by atoms with Crippen molar-refractivity contribution in [2.75, 3.05) is 46.2 Å². The lowest BCUT2D eigenvalue weighted by molar-refractivity contribution is -0.158. The van der Waals surface area contributed by atoms with E-state index in [4.69, 9.17) is 40.5 Å². The van der Waals surface area contributed by atoms with Crippen molar-refractivity contribution in [2.24, 2.45) is 5.84 Å². The molecular formula is C15H26N2O11. The molecule has 13 nitrogen and oxygen atoms in total. The van der Waals surface area contributed by atoms with Crippen molar-refractivity contribution >= 4 is 23.8 Å². The summed E-state index contributed by atoms with van der Waals surface area (Å²) in [6, 6.07) is 0. The normalized spacial score (nSPS) is 11.2. The Balaban J connectivity index is 5.22. The van der Waals surface area contributed by atoms with E-state index in [-0.39, 0.29) is 58.9 Å². The molecule has 0 heterocycles. The second-order valence-electron chi connectivity index (χ2n) is 5.74. The summed E-state index contributed by atoms with van der Waals surface area (Å²) in [5.41, 5.74) is -1.55. The lowest BCUT2D eigenvalue weighted by atomic mass is 10.0. The van der Waals surface area contributed by atoms with Crippen LogP contribution in [0.3, 0.4) is 0 Å². The average Bonchev–Trinajstić information content (AvgIpc) is 2.63. The van der Waals surface area contributed by atoms with Gasteiger partial charge in [-0.1, -0.05) is 0 Å². The minimum absolute atomic E-state index is 0.220. The molecule has 0 aliphatic carbocycles. The Morgan fingerprint density at radius 2 is 1.07 bits per heavy atom. The van der Waals surface area contributed by atoms with Gasteiger partial charge in [0.1, 0.15) is 12.1 Å². The van der Waals surface area contributed by atoms with E-state index in [0.717, 1.165) is 0 Å². The molecule has 0 aromatic rings. The summed E-state index contributed by atoms with van der Waals surface area (Å²) in [4.78, 5) is 43.7. The molecule has 0 unspecified atom stereocenters. The number of carboxylic acid groups (broad SMARTS) is 3. The quantitative estimate of drug-likeness (QED) is 0.0756. The maximum absolute atomic E-state index is 11.9. The van der Waals surface area contributed by atoms with Gasteiger partial charge >= 0.3 is 17.9 Å². The molecule has 0 aliphatic rings. The number of nitrogens with two attached hydrogens (primary N) is 1. The summed E-state index contributed by atoms with van der Waals surface area (Å²) < 4.78 is 15.8. The number of nitrogens with zero attached hydrogens (tertiary/aromatic N) is 1. The summed E-state index contributed by atoms with van der Waals surface area (Å²) in [5.74, 6) is 1.50. The molecule has 6 N–H and O–H groups in total. The van der Waals surface area contributed by atoms with Crippen molar-refractivity contribution in [1.82, 2.24) is 5.01 Å². The standard InChI is InChI=1S/C15H26N2O11/c16-17(11(19)7-18)15(8-26-4-1-12(20)21,9-27-5-2-13(22)23)10-28-6-3-14(24)25/h18H,1-10,16H2,(H,20,21)(H,22,23)(H,24,25). The number of amides is 1. The zero-order valence-corrected chi connectivity index (χ0v) is 15.2. The van der Waals surface area contributed by atoms with E-state index < -0.39 is 36.0 Å². The van der Waals surface area contributed by atoms with Crippen LogP contribution >= 0.6 is 0 Å². The fourth-order valence-electron chi connectivity index (χ4n) is 1.94. The first kappa shape index (κ1) is 25.7. The number of aliphatic hydroxyl groups is 1. The number of hydrogen-bond donors (Lipinski definition) is 5. The van der Waals surface area contributed by atoms with Gasteiger partial charge in [0, 0.05) is 0 Å². The topological polar surface area (TPSA) is 206 Å². The van der Waals surface area contributed by atoms with Crippen LogP contribution in [0.4, 0.5) is 0 Å².